The Morgan fingerprint density at radius 1 is 1.13 bits per heavy atom. The predicted octanol–water partition coefficient (Wildman–Crippen LogP) is 4.76. The van der Waals surface area contributed by atoms with E-state index >= 15 is 0 Å². The number of nitrogens with one attached hydrogen (secondary N) is 3. The Bertz CT molecular complexity index is 2160. The van der Waals surface area contributed by atoms with Gasteiger partial charge in [-0.2, -0.15) is 0 Å². The minimum absolute atomic E-state index is 0.0212. The van der Waals surface area contributed by atoms with Crippen molar-refractivity contribution < 1.29 is 32.3 Å². The van der Waals surface area contributed by atoms with E-state index in [1.54, 1.807) is 18.2 Å². The SMILES string of the molecule is C=C[C@@H]1C[C@]1(NC(=O)[C@@H]1C[C@@H](Oc2ncc(OC)c3ccc(Cl)cc23)CN1C(=O)[C@@H](NC1=NC(c2ccccc2)CS1)C(C)(C)C)C(=O)NS(=O)(=O)C1CC1. The van der Waals surface area contributed by atoms with Gasteiger partial charge in [0.15, 0.2) is 5.17 Å². The van der Waals surface area contributed by atoms with Gasteiger partial charge in [0, 0.05) is 33.9 Å². The highest BCUT2D eigenvalue weighted by Crippen LogP contribution is 2.46. The average Bonchev–Trinajstić information content (AvgIpc) is 4.04. The quantitative estimate of drug-likeness (QED) is 0.217. The summed E-state index contributed by atoms with van der Waals surface area (Å²) in [4.78, 5) is 53.7. The number of hydrogen-bond donors (Lipinski definition) is 3. The molecule has 3 N–H and O–H groups in total. The van der Waals surface area contributed by atoms with Crippen molar-refractivity contribution in [1.29, 1.82) is 0 Å². The summed E-state index contributed by atoms with van der Waals surface area (Å²) in [5.74, 6) is -0.794. The summed E-state index contributed by atoms with van der Waals surface area (Å²) in [6.45, 7) is 9.64. The molecule has 292 valence electrons. The first kappa shape index (κ1) is 38.9. The van der Waals surface area contributed by atoms with Crippen LogP contribution in [0.25, 0.3) is 10.8 Å². The average molecular weight is 809 g/mol. The van der Waals surface area contributed by atoms with Crippen molar-refractivity contribution in [2.45, 2.75) is 81.5 Å². The molecule has 2 saturated carbocycles. The van der Waals surface area contributed by atoms with Crippen LogP contribution in [0.2, 0.25) is 5.02 Å². The maximum absolute atomic E-state index is 14.8. The number of hydrogen-bond acceptors (Lipinski definition) is 11. The topological polar surface area (TPSA) is 168 Å². The van der Waals surface area contributed by atoms with Crippen molar-refractivity contribution in [3.05, 3.63) is 78.0 Å². The van der Waals surface area contributed by atoms with Gasteiger partial charge in [-0.05, 0) is 48.4 Å². The zero-order valence-electron chi connectivity index (χ0n) is 31.1. The van der Waals surface area contributed by atoms with Gasteiger partial charge < -0.3 is 25.0 Å². The Morgan fingerprint density at radius 3 is 2.53 bits per heavy atom. The molecule has 3 heterocycles. The van der Waals surface area contributed by atoms with E-state index in [1.165, 1.54) is 36.0 Å². The van der Waals surface area contributed by atoms with Crippen LogP contribution in [0, 0.1) is 11.3 Å². The number of methoxy groups -OCH3 is 1. The van der Waals surface area contributed by atoms with Crippen LogP contribution < -0.4 is 24.8 Å². The molecule has 2 aliphatic carbocycles. The van der Waals surface area contributed by atoms with Gasteiger partial charge in [-0.15, -0.1) is 6.58 Å². The van der Waals surface area contributed by atoms with Crippen LogP contribution in [0.3, 0.4) is 0 Å². The number of sulfonamides is 1. The van der Waals surface area contributed by atoms with Gasteiger partial charge in [0.25, 0.3) is 5.91 Å². The number of carbonyl (C=O) groups excluding carboxylic acids is 3. The highest BCUT2D eigenvalue weighted by molar-refractivity contribution is 8.14. The van der Waals surface area contributed by atoms with Crippen LogP contribution in [0.15, 0.2) is 72.4 Å². The van der Waals surface area contributed by atoms with E-state index in [0.717, 1.165) is 10.9 Å². The standard InChI is InChI=1S/C39H45ClN6O7S2/c1-6-23-18-39(23,36(49)45-55(50,51)26-13-14-26)44-33(47)30-17-25(53-34-28-16-24(40)12-15-27(28)31(52-5)19-41-34)20-46(30)35(48)32(38(2,3)4)43-37-42-29(21-54-37)22-10-8-7-9-11-22/h6-12,15-16,19,23,25-26,29-30,32H,1,13-14,17-18,20-21H2,2-5H3,(H,42,43)(H,44,47)(H,45,49)/t23-,25-,29?,30+,32-,39-/m1/s1. The molecule has 4 aliphatic rings. The fraction of sp³-hybridized carbons (Fsp3) is 0.462. The number of aromatic nitrogens is 1. The van der Waals surface area contributed by atoms with E-state index in [1.807, 2.05) is 51.1 Å². The predicted molar refractivity (Wildman–Crippen MR) is 213 cm³/mol. The van der Waals surface area contributed by atoms with E-state index in [4.69, 9.17) is 26.1 Å². The van der Waals surface area contributed by atoms with Gasteiger partial charge in [0.1, 0.15) is 29.5 Å². The lowest BCUT2D eigenvalue weighted by Crippen LogP contribution is -2.60. The van der Waals surface area contributed by atoms with Crippen molar-refractivity contribution in [1.82, 2.24) is 25.2 Å². The van der Waals surface area contributed by atoms with Crippen molar-refractivity contribution in [2.24, 2.45) is 16.3 Å². The lowest BCUT2D eigenvalue weighted by molar-refractivity contribution is -0.142. The molecule has 1 unspecified atom stereocenters. The van der Waals surface area contributed by atoms with Crippen LogP contribution in [-0.2, 0) is 24.4 Å². The first-order valence-electron chi connectivity index (χ1n) is 18.3. The first-order valence-corrected chi connectivity index (χ1v) is 21.2. The number of halogens is 1. The van der Waals surface area contributed by atoms with Crippen LogP contribution in [0.1, 0.15) is 58.1 Å². The Hall–Kier alpha value is -4.34. The number of thioether (sulfide) groups is 1. The van der Waals surface area contributed by atoms with Crippen molar-refractivity contribution in [3.8, 4) is 11.6 Å². The Labute approximate surface area is 330 Å². The molecule has 0 radical (unpaired) electrons. The molecule has 1 aromatic heterocycles. The number of nitrogens with zero attached hydrogens (tertiary/aromatic N) is 3. The molecule has 13 nitrogen and oxygen atoms in total. The highest BCUT2D eigenvalue weighted by atomic mass is 35.5. The Kier molecular flexibility index (Phi) is 10.6. The van der Waals surface area contributed by atoms with Crippen LogP contribution in [0.4, 0.5) is 0 Å². The van der Waals surface area contributed by atoms with E-state index in [-0.39, 0.29) is 37.2 Å². The fourth-order valence-corrected chi connectivity index (χ4v) is 9.73. The fourth-order valence-electron chi connectivity index (χ4n) is 7.21. The third-order valence-corrected chi connectivity index (χ3v) is 13.6. The van der Waals surface area contributed by atoms with Crippen molar-refractivity contribution in [3.63, 3.8) is 0 Å². The molecule has 2 aliphatic heterocycles. The molecule has 16 heteroatoms. The van der Waals surface area contributed by atoms with Crippen LogP contribution in [0.5, 0.6) is 11.6 Å². The molecular weight excluding hydrogens is 764 g/mol. The molecule has 55 heavy (non-hydrogen) atoms. The molecule has 3 aromatic rings. The minimum Gasteiger partial charge on any atom is -0.494 e. The summed E-state index contributed by atoms with van der Waals surface area (Å²) in [6, 6.07) is 13.2. The molecule has 1 saturated heterocycles. The lowest BCUT2D eigenvalue weighted by Gasteiger charge is -2.36. The number of fused-ring (bicyclic) bond motifs is 1. The normalized spacial score (nSPS) is 25.5. The number of carbonyl (C=O) groups is 3. The highest BCUT2D eigenvalue weighted by Gasteiger charge is 2.62. The van der Waals surface area contributed by atoms with Gasteiger partial charge in [-0.1, -0.05) is 80.5 Å². The van der Waals surface area contributed by atoms with Gasteiger partial charge in [-0.25, -0.2) is 13.4 Å². The Balaban J connectivity index is 1.18. The first-order chi connectivity index (χ1) is 26.1. The summed E-state index contributed by atoms with van der Waals surface area (Å²) >= 11 is 7.90. The van der Waals surface area contributed by atoms with Crippen LogP contribution >= 0.6 is 23.4 Å². The number of aliphatic imine (C=N–C) groups is 1. The lowest BCUT2D eigenvalue weighted by atomic mass is 9.85. The zero-order valence-corrected chi connectivity index (χ0v) is 33.5. The number of benzene rings is 2. The van der Waals surface area contributed by atoms with E-state index in [9.17, 15) is 22.8 Å². The monoisotopic (exact) mass is 808 g/mol. The molecular formula is C39H45ClN6O7S2. The number of rotatable bonds is 12. The summed E-state index contributed by atoms with van der Waals surface area (Å²) in [7, 11) is -2.35. The molecule has 7 rings (SSSR count). The second kappa shape index (κ2) is 15.0. The van der Waals surface area contributed by atoms with Crippen molar-refractivity contribution >= 4 is 67.0 Å². The Morgan fingerprint density at radius 2 is 1.87 bits per heavy atom. The maximum Gasteiger partial charge on any atom is 0.259 e. The summed E-state index contributed by atoms with van der Waals surface area (Å²) in [6.07, 6.45) is 3.55. The molecule has 6 atom stereocenters. The van der Waals surface area contributed by atoms with Gasteiger partial charge in [-0.3, -0.25) is 24.1 Å². The van der Waals surface area contributed by atoms with Gasteiger partial charge in [0.05, 0.1) is 31.1 Å². The molecule has 2 aromatic carbocycles. The molecule has 0 bridgehead atoms. The van der Waals surface area contributed by atoms with Gasteiger partial charge >= 0.3 is 0 Å². The third kappa shape index (κ3) is 8.01. The number of amides is 3. The summed E-state index contributed by atoms with van der Waals surface area (Å²) < 4.78 is 39.7. The second-order valence-corrected chi connectivity index (χ2v) is 19.0. The molecule has 0 spiro atoms. The van der Waals surface area contributed by atoms with Gasteiger partial charge in [0.2, 0.25) is 27.7 Å². The minimum atomic E-state index is -3.89. The van der Waals surface area contributed by atoms with E-state index in [0.29, 0.717) is 39.9 Å². The summed E-state index contributed by atoms with van der Waals surface area (Å²) in [5, 5.41) is 8.02. The third-order valence-electron chi connectivity index (χ3n) is 10.6. The molecule has 3 fully saturated rings. The summed E-state index contributed by atoms with van der Waals surface area (Å²) in [5.41, 5.74) is -1.08. The second-order valence-electron chi connectivity index (χ2n) is 15.6. The number of ether oxygens (including phenoxy) is 2. The number of likely N-dealkylation sites (tertiary alicyclic amines) is 1. The number of pyridine rings is 1. The van der Waals surface area contributed by atoms with E-state index in [2.05, 4.69) is 26.9 Å². The smallest absolute Gasteiger partial charge is 0.259 e. The molecule has 3 amide bonds. The van der Waals surface area contributed by atoms with Crippen molar-refractivity contribution in [2.75, 3.05) is 19.4 Å². The zero-order chi connectivity index (χ0) is 39.3. The largest absolute Gasteiger partial charge is 0.494 e. The number of amidine groups is 1. The maximum atomic E-state index is 14.8. The van der Waals surface area contributed by atoms with Crippen LogP contribution in [-0.4, -0.2) is 89.6 Å². The van der Waals surface area contributed by atoms with E-state index < -0.39 is 62.1 Å².